The van der Waals surface area contributed by atoms with Crippen LogP contribution in [0.5, 0.6) is 0 Å². The number of carbonyl (C=O) groups excluding carboxylic acids is 1. The average molecular weight is 383 g/mol. The van der Waals surface area contributed by atoms with E-state index in [-0.39, 0.29) is 11.9 Å². The third-order valence-corrected chi connectivity index (χ3v) is 5.54. The van der Waals surface area contributed by atoms with Crippen LogP contribution in [-0.2, 0) is 4.74 Å². The predicted molar refractivity (Wildman–Crippen MR) is 104 cm³/mol. The molecule has 27 heavy (non-hydrogen) atoms. The van der Waals surface area contributed by atoms with Crippen molar-refractivity contribution in [1.29, 1.82) is 0 Å². The van der Waals surface area contributed by atoms with E-state index in [4.69, 9.17) is 9.15 Å². The number of thiophene rings is 1. The van der Waals surface area contributed by atoms with Crippen molar-refractivity contribution in [1.82, 2.24) is 9.88 Å². The summed E-state index contributed by atoms with van der Waals surface area (Å²) in [6, 6.07) is 9.56. The number of hydrogen-bond donors (Lipinski definition) is 1. The van der Waals surface area contributed by atoms with Crippen molar-refractivity contribution in [3.8, 4) is 0 Å². The largest absolute Gasteiger partial charge is 0.459 e. The minimum absolute atomic E-state index is 0.0134. The summed E-state index contributed by atoms with van der Waals surface area (Å²) in [5, 5.41) is 3.87. The lowest BCUT2D eigenvalue weighted by molar-refractivity contribution is 0.0240. The summed E-state index contributed by atoms with van der Waals surface area (Å²) < 4.78 is 10.8. The lowest BCUT2D eigenvalue weighted by Gasteiger charge is -2.35. The summed E-state index contributed by atoms with van der Waals surface area (Å²) in [5.74, 6) is 0.0614. The second kappa shape index (κ2) is 8.04. The van der Waals surface area contributed by atoms with E-state index >= 15 is 0 Å². The molecule has 0 bridgehead atoms. The van der Waals surface area contributed by atoms with Crippen LogP contribution in [0, 0.1) is 6.92 Å². The van der Waals surface area contributed by atoms with Crippen molar-refractivity contribution in [2.75, 3.05) is 31.6 Å². The highest BCUT2D eigenvalue weighted by Crippen LogP contribution is 2.39. The molecule has 140 valence electrons. The number of pyridine rings is 1. The van der Waals surface area contributed by atoms with Gasteiger partial charge in [-0.05, 0) is 36.8 Å². The Morgan fingerprint density at radius 2 is 2.15 bits per heavy atom. The standard InChI is InChI=1S/C20H21N3O3S/c1-14-12-16(20(27-14)22-19(24)17-5-3-9-26-17)18(15-4-2-6-21-13-15)23-7-10-25-11-8-23/h2-6,9,12-13,18H,7-8,10-11H2,1H3,(H,22,24)/t18-/m1/s1. The SMILES string of the molecule is Cc1cc([C@@H](c2cccnc2)N2CCOCC2)c(NC(=O)c2ccco2)s1. The Morgan fingerprint density at radius 3 is 2.85 bits per heavy atom. The average Bonchev–Trinajstić information content (AvgIpc) is 3.34. The number of hydrogen-bond acceptors (Lipinski definition) is 6. The summed E-state index contributed by atoms with van der Waals surface area (Å²) in [6.45, 7) is 5.12. The minimum atomic E-state index is -0.241. The highest BCUT2D eigenvalue weighted by atomic mass is 32.1. The summed E-state index contributed by atoms with van der Waals surface area (Å²) in [6.07, 6.45) is 5.17. The molecule has 0 aliphatic carbocycles. The molecule has 1 fully saturated rings. The molecule has 1 aliphatic rings. The third-order valence-electron chi connectivity index (χ3n) is 4.56. The highest BCUT2D eigenvalue weighted by molar-refractivity contribution is 7.16. The first kappa shape index (κ1) is 17.9. The molecule has 1 N–H and O–H groups in total. The Kier molecular flexibility index (Phi) is 5.33. The Morgan fingerprint density at radius 1 is 1.30 bits per heavy atom. The van der Waals surface area contributed by atoms with E-state index in [1.54, 1.807) is 29.7 Å². The summed E-state index contributed by atoms with van der Waals surface area (Å²) in [7, 11) is 0. The molecule has 1 amide bonds. The molecule has 0 aromatic carbocycles. The fourth-order valence-electron chi connectivity index (χ4n) is 3.37. The number of nitrogens with one attached hydrogen (secondary N) is 1. The number of aromatic nitrogens is 1. The molecule has 0 radical (unpaired) electrons. The second-order valence-corrected chi connectivity index (χ2v) is 7.67. The van der Waals surface area contributed by atoms with Crippen LogP contribution in [0.15, 0.2) is 53.4 Å². The van der Waals surface area contributed by atoms with Crippen molar-refractivity contribution in [3.63, 3.8) is 0 Å². The van der Waals surface area contributed by atoms with Gasteiger partial charge in [-0.25, -0.2) is 0 Å². The molecule has 1 atom stereocenters. The van der Waals surface area contributed by atoms with Gasteiger partial charge in [0.05, 0.1) is 25.5 Å². The van der Waals surface area contributed by atoms with Gasteiger partial charge in [-0.3, -0.25) is 14.7 Å². The summed E-state index contributed by atoms with van der Waals surface area (Å²) in [4.78, 5) is 20.4. The molecule has 3 aromatic heterocycles. The zero-order chi connectivity index (χ0) is 18.6. The number of aryl methyl sites for hydroxylation is 1. The molecule has 0 spiro atoms. The van der Waals surface area contributed by atoms with Crippen molar-refractivity contribution < 1.29 is 13.9 Å². The summed E-state index contributed by atoms with van der Waals surface area (Å²) in [5.41, 5.74) is 2.18. The lowest BCUT2D eigenvalue weighted by atomic mass is 9.99. The molecule has 0 unspecified atom stereocenters. The van der Waals surface area contributed by atoms with Gasteiger partial charge in [0.1, 0.15) is 5.00 Å². The first-order chi connectivity index (χ1) is 13.2. The Balaban J connectivity index is 1.70. The van der Waals surface area contributed by atoms with E-state index in [1.165, 1.54) is 6.26 Å². The maximum Gasteiger partial charge on any atom is 0.291 e. The number of carbonyl (C=O) groups is 1. The Bertz CT molecular complexity index is 887. The van der Waals surface area contributed by atoms with Gasteiger partial charge in [-0.1, -0.05) is 6.07 Å². The Labute approximate surface area is 161 Å². The zero-order valence-corrected chi connectivity index (χ0v) is 15.9. The fourth-order valence-corrected chi connectivity index (χ4v) is 4.31. The molecular weight excluding hydrogens is 362 g/mol. The van der Waals surface area contributed by atoms with Gasteiger partial charge in [-0.15, -0.1) is 11.3 Å². The quantitative estimate of drug-likeness (QED) is 0.727. The Hall–Kier alpha value is -2.48. The van der Waals surface area contributed by atoms with Crippen LogP contribution in [0.4, 0.5) is 5.00 Å². The second-order valence-electron chi connectivity index (χ2n) is 6.41. The van der Waals surface area contributed by atoms with Crippen LogP contribution >= 0.6 is 11.3 Å². The molecule has 7 heteroatoms. The van der Waals surface area contributed by atoms with Gasteiger partial charge in [-0.2, -0.15) is 0 Å². The van der Waals surface area contributed by atoms with Crippen LogP contribution < -0.4 is 5.32 Å². The van der Waals surface area contributed by atoms with Gasteiger partial charge >= 0.3 is 0 Å². The lowest BCUT2D eigenvalue weighted by Crippen LogP contribution is -2.39. The molecule has 3 aromatic rings. The third kappa shape index (κ3) is 3.95. The van der Waals surface area contributed by atoms with Crippen LogP contribution in [0.3, 0.4) is 0 Å². The first-order valence-electron chi connectivity index (χ1n) is 8.89. The van der Waals surface area contributed by atoms with E-state index in [0.717, 1.165) is 34.1 Å². The molecule has 0 saturated carbocycles. The molecule has 4 rings (SSSR count). The van der Waals surface area contributed by atoms with Crippen molar-refractivity contribution >= 4 is 22.2 Å². The smallest absolute Gasteiger partial charge is 0.291 e. The van der Waals surface area contributed by atoms with Crippen LogP contribution in [0.2, 0.25) is 0 Å². The fraction of sp³-hybridized carbons (Fsp3) is 0.300. The molecule has 1 saturated heterocycles. The van der Waals surface area contributed by atoms with Crippen LogP contribution in [-0.4, -0.2) is 42.1 Å². The number of nitrogens with zero attached hydrogens (tertiary/aromatic N) is 2. The summed E-state index contributed by atoms with van der Waals surface area (Å²) >= 11 is 1.58. The topological polar surface area (TPSA) is 67.6 Å². The van der Waals surface area contributed by atoms with E-state index < -0.39 is 0 Å². The number of anilines is 1. The number of amides is 1. The normalized spacial score (nSPS) is 16.2. The number of rotatable bonds is 5. The van der Waals surface area contributed by atoms with Crippen LogP contribution in [0.1, 0.15) is 32.6 Å². The maximum absolute atomic E-state index is 12.5. The minimum Gasteiger partial charge on any atom is -0.459 e. The number of furan rings is 1. The van der Waals surface area contributed by atoms with Crippen molar-refractivity contribution in [2.24, 2.45) is 0 Å². The van der Waals surface area contributed by atoms with Gasteiger partial charge < -0.3 is 14.5 Å². The van der Waals surface area contributed by atoms with E-state index in [0.29, 0.717) is 19.0 Å². The van der Waals surface area contributed by atoms with Crippen molar-refractivity contribution in [2.45, 2.75) is 13.0 Å². The molecule has 1 aliphatic heterocycles. The molecule has 4 heterocycles. The van der Waals surface area contributed by atoms with E-state index in [9.17, 15) is 4.79 Å². The van der Waals surface area contributed by atoms with E-state index in [2.05, 4.69) is 34.3 Å². The predicted octanol–water partition coefficient (Wildman–Crippen LogP) is 3.72. The van der Waals surface area contributed by atoms with Crippen molar-refractivity contribution in [3.05, 3.63) is 70.8 Å². The first-order valence-corrected chi connectivity index (χ1v) is 9.71. The number of ether oxygens (including phenoxy) is 1. The highest BCUT2D eigenvalue weighted by Gasteiger charge is 2.28. The molecular formula is C20H21N3O3S. The van der Waals surface area contributed by atoms with Gasteiger partial charge in [0.25, 0.3) is 5.91 Å². The van der Waals surface area contributed by atoms with E-state index in [1.807, 2.05) is 12.3 Å². The molecule has 6 nitrogen and oxygen atoms in total. The maximum atomic E-state index is 12.5. The van der Waals surface area contributed by atoms with Gasteiger partial charge in [0.15, 0.2) is 5.76 Å². The van der Waals surface area contributed by atoms with Gasteiger partial charge in [0.2, 0.25) is 0 Å². The number of morpholine rings is 1. The van der Waals surface area contributed by atoms with Crippen LogP contribution in [0.25, 0.3) is 0 Å². The van der Waals surface area contributed by atoms with Gasteiger partial charge in [0, 0.05) is 35.9 Å². The monoisotopic (exact) mass is 383 g/mol. The zero-order valence-electron chi connectivity index (χ0n) is 15.1.